The fourth-order valence-electron chi connectivity index (χ4n) is 1.55. The van der Waals surface area contributed by atoms with E-state index in [2.05, 4.69) is 11.9 Å². The van der Waals surface area contributed by atoms with Crippen LogP contribution in [0.2, 0.25) is 0 Å². The number of esters is 1. The Hall–Kier alpha value is -1.65. The lowest BCUT2D eigenvalue weighted by Gasteiger charge is -2.18. The van der Waals surface area contributed by atoms with Crippen molar-refractivity contribution >= 4 is 12.3 Å². The van der Waals surface area contributed by atoms with Gasteiger partial charge in [0.05, 0.1) is 11.6 Å². The molecule has 0 unspecified atom stereocenters. The molecule has 5 nitrogen and oxygen atoms in total. The molecule has 0 aromatic carbocycles. The largest absolute Gasteiger partial charge is 0.443 e. The molecule has 1 heterocycles. The Bertz CT molecular complexity index is 444. The molecule has 0 N–H and O–H groups in total. The van der Waals surface area contributed by atoms with Crippen molar-refractivity contribution in [1.29, 1.82) is 0 Å². The molecule has 0 bridgehead atoms. The van der Waals surface area contributed by atoms with Crippen LogP contribution < -0.4 is 0 Å². The van der Waals surface area contributed by atoms with Crippen molar-refractivity contribution in [1.82, 2.24) is 9.55 Å². The molecule has 5 heteroatoms. The number of ether oxygens (including phenoxy) is 1. The molecular weight excluding hydrogens is 244 g/mol. The van der Waals surface area contributed by atoms with Crippen molar-refractivity contribution < 1.29 is 14.3 Å². The minimum atomic E-state index is -0.550. The van der Waals surface area contributed by atoms with E-state index in [-0.39, 0.29) is 12.7 Å². The molecule has 1 aromatic heterocycles. The van der Waals surface area contributed by atoms with E-state index in [1.807, 2.05) is 0 Å². The molecule has 0 aliphatic carbocycles. The van der Waals surface area contributed by atoms with Crippen LogP contribution in [0, 0.1) is 5.41 Å². The van der Waals surface area contributed by atoms with Crippen LogP contribution in [-0.4, -0.2) is 21.8 Å². The summed E-state index contributed by atoms with van der Waals surface area (Å²) in [6, 6.07) is 0. The predicted octanol–water partition coefficient (Wildman–Crippen LogP) is 2.59. The van der Waals surface area contributed by atoms with Gasteiger partial charge in [0.15, 0.2) is 13.0 Å². The summed E-state index contributed by atoms with van der Waals surface area (Å²) in [5.41, 5.74) is -0.112. The number of aromatic nitrogens is 2. The summed E-state index contributed by atoms with van der Waals surface area (Å²) in [5.74, 6) is 0.491. The molecular formula is C14H22N2O3. The van der Waals surface area contributed by atoms with E-state index >= 15 is 0 Å². The second-order valence-electron chi connectivity index (χ2n) is 5.56. The van der Waals surface area contributed by atoms with E-state index < -0.39 is 5.41 Å². The maximum atomic E-state index is 11.7. The van der Waals surface area contributed by atoms with Gasteiger partial charge in [0.1, 0.15) is 11.5 Å². The van der Waals surface area contributed by atoms with E-state index in [0.29, 0.717) is 5.69 Å². The molecule has 0 aliphatic rings. The third-order valence-electron chi connectivity index (χ3n) is 2.78. The predicted molar refractivity (Wildman–Crippen MR) is 71.8 cm³/mol. The van der Waals surface area contributed by atoms with Crippen molar-refractivity contribution in [3.8, 4) is 0 Å². The number of hydrogen-bond acceptors (Lipinski definition) is 4. The lowest BCUT2D eigenvalue weighted by atomic mass is 9.98. The summed E-state index contributed by atoms with van der Waals surface area (Å²) in [6.45, 7) is 7.52. The van der Waals surface area contributed by atoms with Crippen molar-refractivity contribution in [3.05, 3.63) is 17.7 Å². The summed E-state index contributed by atoms with van der Waals surface area (Å²) in [7, 11) is 0. The highest BCUT2D eigenvalue weighted by Gasteiger charge is 2.23. The summed E-state index contributed by atoms with van der Waals surface area (Å²) >= 11 is 0. The van der Waals surface area contributed by atoms with Crippen LogP contribution in [0.25, 0.3) is 0 Å². The average Bonchev–Trinajstić information content (AvgIpc) is 2.74. The highest BCUT2D eigenvalue weighted by molar-refractivity contribution is 5.75. The number of aldehydes is 1. The topological polar surface area (TPSA) is 61.2 Å². The highest BCUT2D eigenvalue weighted by Crippen LogP contribution is 2.16. The van der Waals surface area contributed by atoms with Crippen LogP contribution in [0.3, 0.4) is 0 Å². The number of imidazole rings is 1. The minimum Gasteiger partial charge on any atom is -0.443 e. The number of hydrogen-bond donors (Lipinski definition) is 0. The third-order valence-corrected chi connectivity index (χ3v) is 2.78. The van der Waals surface area contributed by atoms with Gasteiger partial charge < -0.3 is 4.74 Å². The van der Waals surface area contributed by atoms with Crippen LogP contribution >= 0.6 is 0 Å². The molecule has 0 spiro atoms. The fraction of sp³-hybridized carbons (Fsp3) is 0.643. The third kappa shape index (κ3) is 4.19. The number of carbonyl (C=O) groups excluding carboxylic acids is 2. The van der Waals surface area contributed by atoms with Crippen LogP contribution in [0.15, 0.2) is 6.20 Å². The Morgan fingerprint density at radius 2 is 2.16 bits per heavy atom. The molecule has 1 aromatic rings. The molecule has 0 fully saturated rings. The van der Waals surface area contributed by atoms with Crippen LogP contribution in [-0.2, 0) is 22.7 Å². The zero-order chi connectivity index (χ0) is 14.5. The van der Waals surface area contributed by atoms with Gasteiger partial charge in [-0.3, -0.25) is 14.2 Å². The first-order chi connectivity index (χ1) is 8.90. The zero-order valence-corrected chi connectivity index (χ0v) is 12.1. The fourth-order valence-corrected chi connectivity index (χ4v) is 1.55. The van der Waals surface area contributed by atoms with Crippen molar-refractivity contribution in [2.24, 2.45) is 5.41 Å². The molecule has 0 radical (unpaired) electrons. The quantitative estimate of drug-likeness (QED) is 0.586. The van der Waals surface area contributed by atoms with Gasteiger partial charge in [-0.25, -0.2) is 4.98 Å². The van der Waals surface area contributed by atoms with E-state index in [9.17, 15) is 9.59 Å². The van der Waals surface area contributed by atoms with Crippen molar-refractivity contribution in [2.75, 3.05) is 0 Å². The average molecular weight is 266 g/mol. The number of rotatable bonds is 6. The van der Waals surface area contributed by atoms with Gasteiger partial charge in [-0.2, -0.15) is 0 Å². The second kappa shape index (κ2) is 6.50. The van der Waals surface area contributed by atoms with Gasteiger partial charge in [0, 0.05) is 6.42 Å². The van der Waals surface area contributed by atoms with Gasteiger partial charge in [0.2, 0.25) is 0 Å². The van der Waals surface area contributed by atoms with Gasteiger partial charge in [0.25, 0.3) is 0 Å². The molecule has 1 rings (SSSR count). The SMILES string of the molecule is CCCCc1ncc(C=O)n1COC(=O)C(C)(C)C. The van der Waals surface area contributed by atoms with Crippen molar-refractivity contribution in [3.63, 3.8) is 0 Å². The number of carbonyl (C=O) groups is 2. The Balaban J connectivity index is 2.78. The lowest BCUT2D eigenvalue weighted by molar-refractivity contribution is -0.157. The summed E-state index contributed by atoms with van der Waals surface area (Å²) in [4.78, 5) is 26.9. The van der Waals surface area contributed by atoms with Crippen LogP contribution in [0.4, 0.5) is 0 Å². The first-order valence-electron chi connectivity index (χ1n) is 6.57. The lowest BCUT2D eigenvalue weighted by Crippen LogP contribution is -2.25. The van der Waals surface area contributed by atoms with Gasteiger partial charge in [-0.05, 0) is 27.2 Å². The minimum absolute atomic E-state index is 0.0449. The van der Waals surface area contributed by atoms with Crippen LogP contribution in [0.1, 0.15) is 56.8 Å². The van der Waals surface area contributed by atoms with E-state index in [1.165, 1.54) is 6.20 Å². The Morgan fingerprint density at radius 3 is 2.68 bits per heavy atom. The Labute approximate surface area is 114 Å². The summed E-state index contributed by atoms with van der Waals surface area (Å²) in [5, 5.41) is 0. The molecule has 0 amide bonds. The molecule has 0 saturated heterocycles. The molecule has 0 saturated carbocycles. The normalized spacial score (nSPS) is 11.4. The maximum absolute atomic E-state index is 11.7. The van der Waals surface area contributed by atoms with Crippen LogP contribution in [0.5, 0.6) is 0 Å². The Kier molecular flexibility index (Phi) is 5.27. The Morgan fingerprint density at radius 1 is 1.47 bits per heavy atom. The van der Waals surface area contributed by atoms with Gasteiger partial charge in [-0.1, -0.05) is 13.3 Å². The molecule has 0 atom stereocenters. The first kappa shape index (κ1) is 15.4. The number of nitrogens with zero attached hydrogens (tertiary/aromatic N) is 2. The van der Waals surface area contributed by atoms with E-state index in [1.54, 1.807) is 25.3 Å². The summed E-state index contributed by atoms with van der Waals surface area (Å²) < 4.78 is 6.90. The van der Waals surface area contributed by atoms with Gasteiger partial charge in [-0.15, -0.1) is 0 Å². The highest BCUT2D eigenvalue weighted by atomic mass is 16.5. The monoisotopic (exact) mass is 266 g/mol. The molecule has 19 heavy (non-hydrogen) atoms. The maximum Gasteiger partial charge on any atom is 0.312 e. The number of unbranched alkanes of at least 4 members (excludes halogenated alkanes) is 1. The molecule has 0 aliphatic heterocycles. The number of aryl methyl sites for hydroxylation is 1. The smallest absolute Gasteiger partial charge is 0.312 e. The standard InChI is InChI=1S/C14H22N2O3/c1-5-6-7-12-15-8-11(9-17)16(12)10-19-13(18)14(2,3)4/h8-9H,5-7,10H2,1-4H3. The summed E-state index contributed by atoms with van der Waals surface area (Å²) in [6.07, 6.45) is 5.06. The van der Waals surface area contributed by atoms with E-state index in [0.717, 1.165) is 31.4 Å². The van der Waals surface area contributed by atoms with E-state index in [4.69, 9.17) is 4.74 Å². The van der Waals surface area contributed by atoms with Gasteiger partial charge >= 0.3 is 5.97 Å². The zero-order valence-electron chi connectivity index (χ0n) is 12.1. The second-order valence-corrected chi connectivity index (χ2v) is 5.56. The van der Waals surface area contributed by atoms with Crippen molar-refractivity contribution in [2.45, 2.75) is 53.7 Å². The first-order valence-corrected chi connectivity index (χ1v) is 6.57. The molecule has 106 valence electrons.